The predicted molar refractivity (Wildman–Crippen MR) is 292 cm³/mol. The number of ether oxygens (including phenoxy) is 9. The van der Waals surface area contributed by atoms with Crippen molar-refractivity contribution < 1.29 is 93.1 Å². The Morgan fingerprint density at radius 3 is 2.11 bits per heavy atom. The topological polar surface area (TPSA) is 313 Å². The Morgan fingerprint density at radius 1 is 0.812 bits per heavy atom. The van der Waals surface area contributed by atoms with Crippen LogP contribution in [0.25, 0.3) is 0 Å². The Hall–Kier alpha value is -4.57. The molecule has 5 heterocycles. The molecule has 0 aliphatic carbocycles. The van der Waals surface area contributed by atoms with E-state index in [0.717, 1.165) is 5.57 Å². The van der Waals surface area contributed by atoms with E-state index in [0.29, 0.717) is 0 Å². The summed E-state index contributed by atoms with van der Waals surface area (Å²) in [5, 5.41) is 92.6. The number of rotatable bonds is 23. The van der Waals surface area contributed by atoms with Gasteiger partial charge in [0.25, 0.3) is 5.56 Å². The van der Waals surface area contributed by atoms with Crippen LogP contribution < -0.4 is 10.9 Å². The van der Waals surface area contributed by atoms with E-state index in [1.165, 1.54) is 58.2 Å². The molecular weight excluding hydrogens is 1040 g/mol. The molecule has 0 aromatic carbocycles. The molecule has 9 N–H and O–H groups in total. The van der Waals surface area contributed by atoms with Gasteiger partial charge in [0.05, 0.1) is 42.5 Å². The molecule has 1 aromatic rings. The van der Waals surface area contributed by atoms with Crippen molar-refractivity contribution in [1.29, 1.82) is 0 Å². The Bertz CT molecular complexity index is 2500. The Balaban J connectivity index is 1.23. The zero-order valence-corrected chi connectivity index (χ0v) is 48.0. The molecule has 22 nitrogen and oxygen atoms in total. The lowest BCUT2D eigenvalue weighted by Gasteiger charge is -2.55. The first-order valence-electron chi connectivity index (χ1n) is 27.0. The van der Waals surface area contributed by atoms with Gasteiger partial charge in [-0.05, 0) is 58.3 Å². The number of carbonyl (C=O) groups is 2. The highest BCUT2D eigenvalue weighted by Crippen LogP contribution is 2.47. The fraction of sp³-hybridized carbons (Fsp3) is 0.638. The maximum Gasteiger partial charge on any atom is 0.265 e. The number of aliphatic hydroxyl groups is 7. The summed E-state index contributed by atoms with van der Waals surface area (Å²) >= 11 is 0. The van der Waals surface area contributed by atoms with Crippen molar-refractivity contribution >= 4 is 11.7 Å². The minimum atomic E-state index is -2.54. The first-order valence-corrected chi connectivity index (χ1v) is 27.0. The molecule has 0 radical (unpaired) electrons. The second-order valence-corrected chi connectivity index (χ2v) is 21.5. The zero-order valence-electron chi connectivity index (χ0n) is 48.0. The van der Waals surface area contributed by atoms with E-state index < -0.39 is 156 Å². The molecule has 22 heteroatoms. The van der Waals surface area contributed by atoms with E-state index in [4.69, 9.17) is 42.6 Å². The van der Waals surface area contributed by atoms with Crippen molar-refractivity contribution in [1.82, 2.24) is 9.88 Å². The molecule has 80 heavy (non-hydrogen) atoms. The second-order valence-electron chi connectivity index (χ2n) is 21.5. The summed E-state index contributed by atoms with van der Waals surface area (Å²) < 4.78 is 55.4. The van der Waals surface area contributed by atoms with Gasteiger partial charge >= 0.3 is 0 Å². The Kier molecular flexibility index (Phi) is 24.1. The zero-order chi connectivity index (χ0) is 59.6. The van der Waals surface area contributed by atoms with Crippen molar-refractivity contribution in [3.8, 4) is 5.75 Å². The quantitative estimate of drug-likeness (QED) is 0.0431. The van der Waals surface area contributed by atoms with Crippen LogP contribution in [0.15, 0.2) is 101 Å². The summed E-state index contributed by atoms with van der Waals surface area (Å²) in [7, 11) is 5.66. The Labute approximate surface area is 468 Å². The number of ketones is 1. The molecule has 4 saturated heterocycles. The summed E-state index contributed by atoms with van der Waals surface area (Å²) in [5.41, 5.74) is -1.16. The lowest BCUT2D eigenvalue weighted by molar-refractivity contribution is -0.399. The highest BCUT2D eigenvalue weighted by molar-refractivity contribution is 6.09. The van der Waals surface area contributed by atoms with Gasteiger partial charge in [0.15, 0.2) is 18.4 Å². The van der Waals surface area contributed by atoms with E-state index in [1.54, 1.807) is 101 Å². The fourth-order valence-electron chi connectivity index (χ4n) is 10.7. The third kappa shape index (κ3) is 14.6. The van der Waals surface area contributed by atoms with E-state index in [-0.39, 0.29) is 24.1 Å². The highest BCUT2D eigenvalue weighted by atomic mass is 16.8. The fourth-order valence-corrected chi connectivity index (χ4v) is 10.7. The molecule has 1 aromatic heterocycles. The average Bonchev–Trinajstić information content (AvgIpc) is 3.84. The summed E-state index contributed by atoms with van der Waals surface area (Å²) in [6.07, 6.45) is 0.381. The van der Waals surface area contributed by atoms with Gasteiger partial charge in [-0.25, -0.2) is 0 Å². The number of hydrogen-bond donors (Lipinski definition) is 9. The number of carbonyl (C=O) groups excluding carboxylic acids is 2. The number of amides is 1. The van der Waals surface area contributed by atoms with Gasteiger partial charge in [-0.15, -0.1) is 0 Å². The largest absolute Gasteiger partial charge is 0.507 e. The van der Waals surface area contributed by atoms with Crippen LogP contribution in [0, 0.1) is 17.3 Å². The van der Waals surface area contributed by atoms with E-state index >= 15 is 0 Å². The van der Waals surface area contributed by atoms with Crippen molar-refractivity contribution in [2.24, 2.45) is 24.3 Å². The van der Waals surface area contributed by atoms with Crippen LogP contribution in [0.3, 0.4) is 0 Å². The van der Waals surface area contributed by atoms with Crippen molar-refractivity contribution in [2.75, 3.05) is 27.9 Å². The monoisotopic (exact) mass is 1130 g/mol. The maximum absolute atomic E-state index is 14.1. The molecule has 1 amide bonds. The molecule has 0 unspecified atom stereocenters. The molecule has 21 atom stereocenters. The number of allylic oxidation sites excluding steroid dienone is 10. The van der Waals surface area contributed by atoms with Crippen LogP contribution in [0.1, 0.15) is 79.1 Å². The number of aliphatic hydroxyl groups excluding tert-OH is 6. The summed E-state index contributed by atoms with van der Waals surface area (Å²) in [4.78, 5) is 39.4. The van der Waals surface area contributed by atoms with Gasteiger partial charge in [0, 0.05) is 52.5 Å². The van der Waals surface area contributed by atoms with E-state index in [1.807, 2.05) is 20.8 Å². The second kappa shape index (κ2) is 29.1. The number of aromatic hydroxyl groups is 1. The number of aryl methyl sites for hydroxylation is 1. The van der Waals surface area contributed by atoms with Crippen LogP contribution in [0.5, 0.6) is 5.75 Å². The Morgan fingerprint density at radius 2 is 1.48 bits per heavy atom. The number of nitrogens with one attached hydrogen (secondary N) is 1. The first kappa shape index (κ1) is 66.2. The smallest absolute Gasteiger partial charge is 0.265 e. The van der Waals surface area contributed by atoms with Crippen LogP contribution >= 0.6 is 0 Å². The summed E-state index contributed by atoms with van der Waals surface area (Å²) in [6, 6.07) is 1.27. The number of Topliss-reactive ketones (excluding diaryl/α,β-unsaturated/α-hetero) is 1. The van der Waals surface area contributed by atoms with Crippen LogP contribution in [-0.2, 0) is 54.5 Å². The van der Waals surface area contributed by atoms with Gasteiger partial charge in [-0.3, -0.25) is 14.4 Å². The van der Waals surface area contributed by atoms with Crippen LogP contribution in [0.4, 0.5) is 0 Å². The third-order valence-corrected chi connectivity index (χ3v) is 15.6. The lowest BCUT2D eigenvalue weighted by Crippen LogP contribution is -2.71. The minimum Gasteiger partial charge on any atom is -0.507 e. The van der Waals surface area contributed by atoms with E-state index in [9.17, 15) is 55.2 Å². The number of aromatic nitrogens is 1. The van der Waals surface area contributed by atoms with Crippen molar-refractivity contribution in [3.05, 3.63) is 112 Å². The average molecular weight is 1130 g/mol. The van der Waals surface area contributed by atoms with Crippen LogP contribution in [-0.4, -0.2) is 201 Å². The van der Waals surface area contributed by atoms with Crippen molar-refractivity contribution in [3.63, 3.8) is 0 Å². The number of pyridine rings is 1. The molecule has 0 saturated carbocycles. The number of nitrogens with zero attached hydrogens (tertiary/aromatic N) is 1. The molecule has 0 spiro atoms. The predicted octanol–water partition coefficient (Wildman–Crippen LogP) is 2.10. The van der Waals surface area contributed by atoms with Crippen LogP contribution in [0.2, 0.25) is 0 Å². The molecular formula is C58H86N2O20. The third-order valence-electron chi connectivity index (χ3n) is 15.6. The van der Waals surface area contributed by atoms with Gasteiger partial charge in [-0.2, -0.15) is 0 Å². The van der Waals surface area contributed by atoms with Gasteiger partial charge < -0.3 is 93.4 Å². The van der Waals surface area contributed by atoms with E-state index in [2.05, 4.69) is 5.32 Å². The normalized spacial score (nSPS) is 36.6. The molecule has 4 aliphatic rings. The van der Waals surface area contributed by atoms with Crippen molar-refractivity contribution in [2.45, 2.75) is 185 Å². The molecule has 4 aliphatic heterocycles. The SMILES string of the molecule is C/C=C\C=C\[C@@H]1O[C@](O)([C@@H](CC)C(=O)NC/C=C/C=C(\C)[C@H](OC)[C@H](C)[C@@H]2O[C@H](/C=C/C=C/C=C(\C)C(=O)c3c(O)ccn(C)c3=O)[C@@H](O)[C@H]2O)[C@H](O)[C@H](O[C@H]2O[C@@H](C)[C@H](O[C@@H]3O[C@@H](C)[C@H](O)[C@@H](O)[C@H]3OC)[C@H](OC)[C@@H]2O)C1(C)C. The first-order chi connectivity index (χ1) is 37.8. The summed E-state index contributed by atoms with van der Waals surface area (Å²) in [5.74, 6) is -6.04. The molecule has 4 fully saturated rings. The molecule has 5 rings (SSSR count). The highest BCUT2D eigenvalue weighted by Gasteiger charge is 2.63. The van der Waals surface area contributed by atoms with Gasteiger partial charge in [0.1, 0.15) is 72.4 Å². The molecule has 448 valence electrons. The maximum atomic E-state index is 14.1. The van der Waals surface area contributed by atoms with Gasteiger partial charge in [0.2, 0.25) is 11.7 Å². The number of hydrogen-bond acceptors (Lipinski definition) is 20. The molecule has 0 bridgehead atoms. The lowest BCUT2D eigenvalue weighted by atomic mass is 9.70. The minimum absolute atomic E-state index is 0.00697. The standard InChI is InChI=1S/C58H86N2O20/c1-14-16-18-26-38-57(8,9)52(79-55-45(67)49(73-12)48(34(7)76-55)78-56-50(74-13)43(65)41(63)33(6)75-56)51(68)58(71,80-38)35(15-2)53(69)59-28-22-21-24-31(4)46(72-11)32(5)47-44(66)42(64)37(77-47)25-20-17-19-23-30(3)40(62)39-36(61)27-29-60(10)54(39)70/h14,16-27,29,32-35,37-38,41-52,55-56,61,63-68,71H,15,28H2,1-13H3,(H,59,69)/b16-14-,19-17+,22-21+,25-20+,26-18+,30-23+,31-24+/t32-,33-,34-,35-,37+,38-,41-,42+,43+,44+,45-,46-,47-,48-,49+,50+,51+,52-,55+,56-,58+/m0/s1. The van der Waals surface area contributed by atoms with Gasteiger partial charge in [-0.1, -0.05) is 101 Å². The summed E-state index contributed by atoms with van der Waals surface area (Å²) in [6.45, 7) is 15.3. The number of methoxy groups -OCH3 is 3.